The van der Waals surface area contributed by atoms with Crippen molar-refractivity contribution in [3.8, 4) is 5.75 Å². The zero-order valence-corrected chi connectivity index (χ0v) is 13.5. The first-order valence-corrected chi connectivity index (χ1v) is 7.61. The van der Waals surface area contributed by atoms with Gasteiger partial charge in [-0.3, -0.25) is 0 Å². The Morgan fingerprint density at radius 2 is 2.09 bits per heavy atom. The molecule has 1 N–H and O–H groups in total. The average molecular weight is 314 g/mol. The van der Waals surface area contributed by atoms with Gasteiger partial charge in [-0.05, 0) is 51.0 Å². The highest BCUT2D eigenvalue weighted by Crippen LogP contribution is 2.19. The number of fused-ring (bicyclic) bond motifs is 1. The summed E-state index contributed by atoms with van der Waals surface area (Å²) in [7, 11) is 0. The number of aliphatic hydroxyl groups excluding tert-OH is 1. The number of allylic oxidation sites excluding steroid dienone is 1. The number of benzene rings is 1. The molecular weight excluding hydrogens is 292 g/mol. The van der Waals surface area contributed by atoms with Gasteiger partial charge in [0.15, 0.2) is 0 Å². The van der Waals surface area contributed by atoms with E-state index in [1.165, 1.54) is 6.07 Å². The van der Waals surface area contributed by atoms with E-state index in [2.05, 4.69) is 6.58 Å². The molecule has 2 rings (SSSR count). The van der Waals surface area contributed by atoms with Gasteiger partial charge in [-0.2, -0.15) is 0 Å². The second-order valence-electron chi connectivity index (χ2n) is 5.72. The Balaban J connectivity index is 1.91. The van der Waals surface area contributed by atoms with Gasteiger partial charge in [0.25, 0.3) is 0 Å². The van der Waals surface area contributed by atoms with Crippen LogP contribution in [0.25, 0.3) is 11.0 Å². The number of rotatable bonds is 7. The molecule has 0 saturated carbocycles. The largest absolute Gasteiger partial charge is 0.489 e. The summed E-state index contributed by atoms with van der Waals surface area (Å²) < 4.78 is 10.8. The fourth-order valence-corrected chi connectivity index (χ4v) is 2.12. The first-order valence-electron chi connectivity index (χ1n) is 7.61. The standard InChI is InChI=1S/C19H22O4/c1-13(2)17(20)8-4-14(3)10-11-22-16-7-5-15-6-9-19(21)23-18(15)12-16/h5-7,9-10,12,17,20H,1,4,8,11H2,2-3H3/b14-10+. The quantitative estimate of drug-likeness (QED) is 0.623. The van der Waals surface area contributed by atoms with E-state index in [0.717, 1.165) is 23.0 Å². The van der Waals surface area contributed by atoms with E-state index in [0.29, 0.717) is 24.4 Å². The first-order chi connectivity index (χ1) is 11.0. The summed E-state index contributed by atoms with van der Waals surface area (Å²) in [5, 5.41) is 10.6. The molecule has 1 unspecified atom stereocenters. The summed E-state index contributed by atoms with van der Waals surface area (Å²) in [6.45, 7) is 8.00. The van der Waals surface area contributed by atoms with E-state index < -0.39 is 6.10 Å². The third-order valence-corrected chi connectivity index (χ3v) is 3.66. The van der Waals surface area contributed by atoms with Gasteiger partial charge in [0.2, 0.25) is 0 Å². The lowest BCUT2D eigenvalue weighted by Crippen LogP contribution is -2.07. The van der Waals surface area contributed by atoms with Gasteiger partial charge in [0.05, 0.1) is 6.10 Å². The third-order valence-electron chi connectivity index (χ3n) is 3.66. The van der Waals surface area contributed by atoms with Crippen LogP contribution in [0.15, 0.2) is 63.3 Å². The predicted octanol–water partition coefficient (Wildman–Crippen LogP) is 3.84. The lowest BCUT2D eigenvalue weighted by Gasteiger charge is -2.10. The summed E-state index contributed by atoms with van der Waals surface area (Å²) in [5.74, 6) is 0.651. The van der Waals surface area contributed by atoms with E-state index in [-0.39, 0.29) is 5.63 Å². The van der Waals surface area contributed by atoms with Crippen molar-refractivity contribution >= 4 is 11.0 Å². The number of hydrogen-bond acceptors (Lipinski definition) is 4. The molecule has 0 spiro atoms. The van der Waals surface area contributed by atoms with Gasteiger partial charge in [-0.15, -0.1) is 0 Å². The lowest BCUT2D eigenvalue weighted by atomic mass is 10.0. The molecule has 2 aromatic rings. The van der Waals surface area contributed by atoms with Crippen molar-refractivity contribution in [2.75, 3.05) is 6.61 Å². The second kappa shape index (κ2) is 7.79. The van der Waals surface area contributed by atoms with Crippen LogP contribution < -0.4 is 10.4 Å². The van der Waals surface area contributed by atoms with Crippen LogP contribution in [0, 0.1) is 0 Å². The number of hydrogen-bond donors (Lipinski definition) is 1. The topological polar surface area (TPSA) is 59.7 Å². The summed E-state index contributed by atoms with van der Waals surface area (Å²) in [4.78, 5) is 11.2. The Labute approximate surface area is 135 Å². The van der Waals surface area contributed by atoms with Crippen molar-refractivity contribution < 1.29 is 14.3 Å². The monoisotopic (exact) mass is 314 g/mol. The Kier molecular flexibility index (Phi) is 5.77. The minimum absolute atomic E-state index is 0.374. The zero-order valence-electron chi connectivity index (χ0n) is 13.5. The normalized spacial score (nSPS) is 13.1. The highest BCUT2D eigenvalue weighted by molar-refractivity contribution is 5.77. The van der Waals surface area contributed by atoms with Crippen LogP contribution in [-0.2, 0) is 0 Å². The molecule has 0 saturated heterocycles. The molecular formula is C19H22O4. The predicted molar refractivity (Wildman–Crippen MR) is 91.8 cm³/mol. The maximum absolute atomic E-state index is 11.2. The van der Waals surface area contributed by atoms with Gasteiger partial charge in [-0.25, -0.2) is 4.79 Å². The molecule has 0 amide bonds. The molecule has 4 nitrogen and oxygen atoms in total. The molecule has 0 bridgehead atoms. The lowest BCUT2D eigenvalue weighted by molar-refractivity contribution is 0.201. The van der Waals surface area contributed by atoms with Gasteiger partial charge in [0, 0.05) is 17.5 Å². The van der Waals surface area contributed by atoms with E-state index in [1.807, 2.05) is 32.1 Å². The zero-order chi connectivity index (χ0) is 16.8. The fourth-order valence-electron chi connectivity index (χ4n) is 2.12. The van der Waals surface area contributed by atoms with Crippen molar-refractivity contribution in [1.82, 2.24) is 0 Å². The summed E-state index contributed by atoms with van der Waals surface area (Å²) in [6, 6.07) is 8.53. The maximum atomic E-state index is 11.2. The van der Waals surface area contributed by atoms with Gasteiger partial charge >= 0.3 is 5.63 Å². The van der Waals surface area contributed by atoms with E-state index in [9.17, 15) is 9.90 Å². The molecule has 1 aromatic heterocycles. The number of ether oxygens (including phenoxy) is 1. The minimum atomic E-state index is -0.456. The molecule has 122 valence electrons. The molecule has 4 heteroatoms. The maximum Gasteiger partial charge on any atom is 0.336 e. The summed E-state index contributed by atoms with van der Waals surface area (Å²) in [5.41, 5.74) is 2.08. The van der Waals surface area contributed by atoms with Crippen LogP contribution in [0.5, 0.6) is 5.75 Å². The highest BCUT2D eigenvalue weighted by Gasteiger charge is 2.04. The average Bonchev–Trinajstić information content (AvgIpc) is 2.52. The van der Waals surface area contributed by atoms with Crippen LogP contribution in [0.4, 0.5) is 0 Å². The van der Waals surface area contributed by atoms with E-state index >= 15 is 0 Å². The van der Waals surface area contributed by atoms with Crippen LogP contribution in [0.2, 0.25) is 0 Å². The van der Waals surface area contributed by atoms with Crippen molar-refractivity contribution in [1.29, 1.82) is 0 Å². The van der Waals surface area contributed by atoms with Crippen molar-refractivity contribution in [3.05, 3.63) is 64.6 Å². The Morgan fingerprint density at radius 3 is 2.83 bits per heavy atom. The van der Waals surface area contributed by atoms with Crippen LogP contribution in [0.1, 0.15) is 26.7 Å². The minimum Gasteiger partial charge on any atom is -0.489 e. The summed E-state index contributed by atoms with van der Waals surface area (Å²) >= 11 is 0. The molecule has 1 atom stereocenters. The van der Waals surface area contributed by atoms with Crippen molar-refractivity contribution in [2.45, 2.75) is 32.8 Å². The van der Waals surface area contributed by atoms with E-state index in [1.54, 1.807) is 12.1 Å². The molecule has 0 aliphatic rings. The number of aliphatic hydroxyl groups is 1. The third kappa shape index (κ3) is 5.11. The van der Waals surface area contributed by atoms with Gasteiger partial charge in [0.1, 0.15) is 17.9 Å². The SMILES string of the molecule is C=C(C)C(O)CC/C(C)=C/COc1ccc2ccc(=O)oc2c1. The molecule has 0 aliphatic carbocycles. The molecule has 0 aliphatic heterocycles. The van der Waals surface area contributed by atoms with Crippen molar-refractivity contribution in [3.63, 3.8) is 0 Å². The molecule has 0 radical (unpaired) electrons. The van der Waals surface area contributed by atoms with Gasteiger partial charge < -0.3 is 14.3 Å². The fraction of sp³-hybridized carbons (Fsp3) is 0.316. The molecule has 23 heavy (non-hydrogen) atoms. The smallest absolute Gasteiger partial charge is 0.336 e. The Hall–Kier alpha value is -2.33. The highest BCUT2D eigenvalue weighted by atomic mass is 16.5. The molecule has 1 aromatic carbocycles. The molecule has 0 fully saturated rings. The van der Waals surface area contributed by atoms with E-state index in [4.69, 9.17) is 9.15 Å². The Bertz CT molecular complexity index is 770. The van der Waals surface area contributed by atoms with Crippen molar-refractivity contribution in [2.24, 2.45) is 0 Å². The Morgan fingerprint density at radius 1 is 1.35 bits per heavy atom. The van der Waals surface area contributed by atoms with Crippen LogP contribution >= 0.6 is 0 Å². The second-order valence-corrected chi connectivity index (χ2v) is 5.72. The van der Waals surface area contributed by atoms with Crippen LogP contribution in [0.3, 0.4) is 0 Å². The molecule has 1 heterocycles. The van der Waals surface area contributed by atoms with Crippen LogP contribution in [-0.4, -0.2) is 17.8 Å². The summed E-state index contributed by atoms with van der Waals surface area (Å²) in [6.07, 6.45) is 2.99. The van der Waals surface area contributed by atoms with Gasteiger partial charge in [-0.1, -0.05) is 17.7 Å². The first kappa shape index (κ1) is 17.0.